The van der Waals surface area contributed by atoms with E-state index in [4.69, 9.17) is 4.52 Å². The van der Waals surface area contributed by atoms with Crippen LogP contribution in [0.15, 0.2) is 35.0 Å². The Morgan fingerprint density at radius 1 is 1.33 bits per heavy atom. The van der Waals surface area contributed by atoms with Gasteiger partial charge in [0.15, 0.2) is 0 Å². The van der Waals surface area contributed by atoms with Gasteiger partial charge in [-0.1, -0.05) is 17.3 Å². The van der Waals surface area contributed by atoms with E-state index in [0.717, 1.165) is 24.0 Å². The average Bonchev–Trinajstić information content (AvgIpc) is 3.33. The highest BCUT2D eigenvalue weighted by atomic mass is 16.5. The van der Waals surface area contributed by atoms with Crippen LogP contribution in [-0.2, 0) is 18.6 Å². The van der Waals surface area contributed by atoms with Crippen molar-refractivity contribution in [2.75, 3.05) is 0 Å². The van der Waals surface area contributed by atoms with Crippen LogP contribution in [-0.4, -0.2) is 49.4 Å². The Bertz CT molecular complexity index is 1010. The van der Waals surface area contributed by atoms with Gasteiger partial charge in [-0.05, 0) is 41.2 Å². The van der Waals surface area contributed by atoms with Gasteiger partial charge in [0.1, 0.15) is 29.2 Å². The summed E-state index contributed by atoms with van der Waals surface area (Å²) in [7, 11) is 7.90. The van der Waals surface area contributed by atoms with Crippen LogP contribution in [0.5, 0.6) is 0 Å². The highest BCUT2D eigenvalue weighted by molar-refractivity contribution is 6.58. The average molecular weight is 359 g/mol. The second kappa shape index (κ2) is 6.44. The maximum absolute atomic E-state index is 12.5. The quantitative estimate of drug-likeness (QED) is 0.598. The molecule has 2 aromatic heterocycles. The van der Waals surface area contributed by atoms with Crippen molar-refractivity contribution in [1.29, 1.82) is 0 Å². The summed E-state index contributed by atoms with van der Waals surface area (Å²) < 4.78 is 6.98. The molecule has 0 bridgehead atoms. The number of aromatic nitrogens is 4. The summed E-state index contributed by atoms with van der Waals surface area (Å²) in [6, 6.07) is 7.87. The minimum Gasteiger partial charge on any atom is -0.344 e. The minimum absolute atomic E-state index is 0.00635. The molecule has 0 radical (unpaired) electrons. The lowest BCUT2D eigenvalue weighted by atomic mass is 9.42. The molecule has 0 aliphatic heterocycles. The highest BCUT2D eigenvalue weighted by Crippen LogP contribution is 2.34. The molecule has 1 aliphatic carbocycles. The fourth-order valence-electron chi connectivity index (χ4n) is 3.38. The largest absolute Gasteiger partial charge is 0.344 e. The Morgan fingerprint density at radius 2 is 2.15 bits per heavy atom. The van der Waals surface area contributed by atoms with Crippen LogP contribution in [0.3, 0.4) is 0 Å². The molecule has 3 aromatic rings. The molecule has 1 amide bonds. The third-order valence-corrected chi connectivity index (χ3v) is 4.91. The van der Waals surface area contributed by atoms with Gasteiger partial charge in [-0.15, -0.1) is 0 Å². The van der Waals surface area contributed by atoms with Gasteiger partial charge in [-0.3, -0.25) is 9.48 Å². The van der Waals surface area contributed by atoms with Crippen molar-refractivity contribution in [3.8, 4) is 11.4 Å². The van der Waals surface area contributed by atoms with Gasteiger partial charge in [0.2, 0.25) is 11.7 Å². The SMILES string of the molecule is BC(B)(B)c1nc(-c2ccc3c(c2)CC[C@H]3NC(=O)c2ccnn2C)no1. The van der Waals surface area contributed by atoms with Crippen LogP contribution < -0.4 is 5.32 Å². The van der Waals surface area contributed by atoms with Crippen molar-refractivity contribution in [3.63, 3.8) is 0 Å². The van der Waals surface area contributed by atoms with Crippen molar-refractivity contribution in [2.24, 2.45) is 7.05 Å². The summed E-state index contributed by atoms with van der Waals surface area (Å²) >= 11 is 0. The molecule has 2 heterocycles. The molecule has 1 atom stereocenters. The predicted molar refractivity (Wildman–Crippen MR) is 109 cm³/mol. The molecule has 4 rings (SSSR count). The van der Waals surface area contributed by atoms with Crippen LogP contribution in [0.4, 0.5) is 0 Å². The lowest BCUT2D eigenvalue weighted by molar-refractivity contribution is 0.0927. The van der Waals surface area contributed by atoms with E-state index in [1.165, 1.54) is 5.56 Å². The van der Waals surface area contributed by atoms with Gasteiger partial charge in [0, 0.05) is 18.8 Å². The fourth-order valence-corrected chi connectivity index (χ4v) is 3.38. The lowest BCUT2D eigenvalue weighted by Gasteiger charge is -2.14. The molecule has 10 heteroatoms. The zero-order chi connectivity index (χ0) is 19.2. The van der Waals surface area contributed by atoms with Crippen LogP contribution in [0.2, 0.25) is 0 Å². The number of carbonyl (C=O) groups excluding carboxylic acids is 1. The van der Waals surface area contributed by atoms with Gasteiger partial charge in [-0.2, -0.15) is 10.1 Å². The van der Waals surface area contributed by atoms with Gasteiger partial charge < -0.3 is 9.84 Å². The molecule has 27 heavy (non-hydrogen) atoms. The summed E-state index contributed by atoms with van der Waals surface area (Å²) in [5, 5.41) is 11.1. The van der Waals surface area contributed by atoms with E-state index in [9.17, 15) is 4.79 Å². The molecule has 1 aliphatic rings. The second-order valence-electron chi connectivity index (χ2n) is 7.99. The van der Waals surface area contributed by atoms with Crippen LogP contribution in [0, 0.1) is 0 Å². The molecule has 134 valence electrons. The third kappa shape index (κ3) is 3.31. The first-order chi connectivity index (χ1) is 12.8. The monoisotopic (exact) mass is 359 g/mol. The maximum Gasteiger partial charge on any atom is 0.270 e. The summed E-state index contributed by atoms with van der Waals surface area (Å²) in [5.74, 6) is 1.12. The number of nitrogens with zero attached hydrogens (tertiary/aromatic N) is 4. The number of fused-ring (bicyclic) bond motifs is 1. The van der Waals surface area contributed by atoms with E-state index in [1.807, 2.05) is 29.6 Å². The Morgan fingerprint density at radius 3 is 2.81 bits per heavy atom. The molecular formula is C17H20B3N5O2. The molecule has 0 saturated heterocycles. The predicted octanol–water partition coefficient (Wildman–Crippen LogP) is -1.10. The summed E-state index contributed by atoms with van der Waals surface area (Å²) in [5.41, 5.74) is 3.85. The van der Waals surface area contributed by atoms with E-state index in [-0.39, 0.29) is 17.1 Å². The molecule has 1 aromatic carbocycles. The van der Waals surface area contributed by atoms with Crippen molar-refractivity contribution in [2.45, 2.75) is 24.0 Å². The Labute approximate surface area is 160 Å². The standard InChI is InChI=1S/C17H20B3N5O2/c1-25-13(6-7-21-25)15(26)22-12-5-3-9-8-10(2-4-11(9)12)14-23-16(27-24-14)17(18,19)20/h2,4,6-8,12H,3,5,18-20H2,1H3,(H,22,26)/t12-/m1/s1. The number of hydrogen-bond donors (Lipinski definition) is 1. The number of hydrogen-bond acceptors (Lipinski definition) is 5. The number of rotatable bonds is 4. The number of aryl methyl sites for hydroxylation is 2. The van der Waals surface area contributed by atoms with Gasteiger partial charge in [0.05, 0.1) is 6.04 Å². The van der Waals surface area contributed by atoms with Crippen molar-refractivity contribution < 1.29 is 9.32 Å². The first-order valence-electron chi connectivity index (χ1n) is 9.09. The number of nitrogens with one attached hydrogen (secondary N) is 1. The molecular weight excluding hydrogens is 339 g/mol. The van der Waals surface area contributed by atoms with Crippen LogP contribution in [0.25, 0.3) is 11.4 Å². The van der Waals surface area contributed by atoms with Crippen molar-refractivity contribution in [3.05, 3.63) is 53.2 Å². The van der Waals surface area contributed by atoms with Crippen molar-refractivity contribution >= 4 is 29.4 Å². The Kier molecular flexibility index (Phi) is 4.21. The lowest BCUT2D eigenvalue weighted by Crippen LogP contribution is -2.28. The minimum atomic E-state index is -0.177. The third-order valence-electron chi connectivity index (χ3n) is 4.91. The topological polar surface area (TPSA) is 85.8 Å². The maximum atomic E-state index is 12.5. The zero-order valence-corrected chi connectivity index (χ0v) is 16.0. The molecule has 7 nitrogen and oxygen atoms in total. The van der Waals surface area contributed by atoms with Gasteiger partial charge in [-0.25, -0.2) is 0 Å². The summed E-state index contributed by atoms with van der Waals surface area (Å²) in [4.78, 5) is 17.0. The van der Waals surface area contributed by atoms with Crippen molar-refractivity contribution in [1.82, 2.24) is 25.2 Å². The first kappa shape index (κ1) is 17.6. The second-order valence-corrected chi connectivity index (χ2v) is 7.99. The van der Waals surface area contributed by atoms with Gasteiger partial charge >= 0.3 is 0 Å². The van der Waals surface area contributed by atoms with E-state index in [2.05, 4.69) is 32.7 Å². The molecule has 0 saturated carbocycles. The molecule has 0 spiro atoms. The number of benzene rings is 1. The van der Waals surface area contributed by atoms with E-state index >= 15 is 0 Å². The van der Waals surface area contributed by atoms with Crippen LogP contribution in [0.1, 0.15) is 40.0 Å². The van der Waals surface area contributed by atoms with E-state index < -0.39 is 0 Å². The fraction of sp³-hybridized carbons (Fsp3) is 0.294. The molecule has 0 unspecified atom stereocenters. The molecule has 1 N–H and O–H groups in total. The Hall–Kier alpha value is -2.77. The van der Waals surface area contributed by atoms with Crippen LogP contribution >= 0.6 is 0 Å². The smallest absolute Gasteiger partial charge is 0.270 e. The van der Waals surface area contributed by atoms with E-state index in [0.29, 0.717) is 17.4 Å². The Balaban J connectivity index is 1.55. The highest BCUT2D eigenvalue weighted by Gasteiger charge is 2.27. The normalized spacial score (nSPS) is 16.3. The van der Waals surface area contributed by atoms with Gasteiger partial charge in [0.25, 0.3) is 5.91 Å². The first-order valence-corrected chi connectivity index (χ1v) is 9.09. The van der Waals surface area contributed by atoms with E-state index in [1.54, 1.807) is 24.0 Å². The molecule has 0 fully saturated rings. The summed E-state index contributed by atoms with van der Waals surface area (Å²) in [6.07, 6.45) is 3.41. The number of amides is 1. The summed E-state index contributed by atoms with van der Waals surface area (Å²) in [6.45, 7) is 0. The zero-order valence-electron chi connectivity index (χ0n) is 16.0. The number of carbonyl (C=O) groups is 1.